The van der Waals surface area contributed by atoms with Crippen molar-refractivity contribution in [2.75, 3.05) is 0 Å². The number of phenolic OH excluding ortho intramolecular Hbond substituents is 2. The molecule has 2 aromatic rings. The van der Waals surface area contributed by atoms with Crippen molar-refractivity contribution in [3.05, 3.63) is 63.3 Å². The molecule has 3 aliphatic rings. The first-order chi connectivity index (χ1) is 15.2. The summed E-state index contributed by atoms with van der Waals surface area (Å²) < 4.78 is 12.5. The monoisotopic (exact) mass is 432 g/mol. The molecule has 0 saturated carbocycles. The van der Waals surface area contributed by atoms with E-state index in [9.17, 15) is 20.1 Å². The predicted molar refractivity (Wildman–Crippen MR) is 122 cm³/mol. The Morgan fingerprint density at radius 2 is 1.88 bits per heavy atom. The second-order valence-electron chi connectivity index (χ2n) is 8.76. The number of aromatic hydroxyl groups is 2. The Hall–Kier alpha value is -3.51. The Balaban J connectivity index is 1.95. The normalized spacial score (nSPS) is 16.3. The highest BCUT2D eigenvalue weighted by atomic mass is 16.5. The Morgan fingerprint density at radius 1 is 1.09 bits per heavy atom. The van der Waals surface area contributed by atoms with Crippen LogP contribution in [0.25, 0.3) is 33.4 Å². The number of hydrogen-bond acceptors (Lipinski definition) is 6. The smallest absolute Gasteiger partial charge is 0.182 e. The van der Waals surface area contributed by atoms with E-state index >= 15 is 0 Å². The van der Waals surface area contributed by atoms with E-state index in [-0.39, 0.29) is 29.5 Å². The molecule has 1 aliphatic carbocycles. The van der Waals surface area contributed by atoms with Crippen LogP contribution in [-0.4, -0.2) is 27.5 Å². The summed E-state index contributed by atoms with van der Waals surface area (Å²) in [5.41, 5.74) is 4.74. The molecule has 164 valence electrons. The van der Waals surface area contributed by atoms with Gasteiger partial charge < -0.3 is 24.5 Å². The quantitative estimate of drug-likeness (QED) is 0.411. The van der Waals surface area contributed by atoms with Crippen LogP contribution in [0.4, 0.5) is 0 Å². The number of hydrogen-bond donors (Lipinski definition) is 3. The first kappa shape index (κ1) is 20.4. The van der Waals surface area contributed by atoms with Crippen molar-refractivity contribution in [3.63, 3.8) is 0 Å². The number of benzene rings is 3. The van der Waals surface area contributed by atoms with Gasteiger partial charge in [0.25, 0.3) is 0 Å². The summed E-state index contributed by atoms with van der Waals surface area (Å²) in [4.78, 5) is 12.2. The molecule has 2 aromatic carbocycles. The van der Waals surface area contributed by atoms with Crippen molar-refractivity contribution in [3.8, 4) is 39.7 Å². The standard InChI is InChI=1S/C26H24O6/c1-12-4-19(23-15(6-13(2)27)8-17(28)10-20(23)30)25-21(5-12)32-22-11-18(29)9-16-7-14(3)31-26(25)24(16)22/h4-5,8-11,13-14,27-28,30H,6-7H2,1-3H3/t13-,14+/m1/s1. The SMILES string of the molecule is Cc1cc(-c2c(O)cc(O)cc2C[C@@H](C)O)c2c3c4c(cc(=O)cc-4oc2c1)C[C@H](C)O3. The highest BCUT2D eigenvalue weighted by Crippen LogP contribution is 2.50. The zero-order valence-corrected chi connectivity index (χ0v) is 18.1. The summed E-state index contributed by atoms with van der Waals surface area (Å²) >= 11 is 0. The molecule has 3 N–H and O–H groups in total. The molecule has 0 saturated heterocycles. The largest absolute Gasteiger partial charge is 0.508 e. The van der Waals surface area contributed by atoms with Crippen molar-refractivity contribution >= 4 is 11.0 Å². The lowest BCUT2D eigenvalue weighted by molar-refractivity contribution is 0.195. The van der Waals surface area contributed by atoms with Gasteiger partial charge in [-0.15, -0.1) is 0 Å². The van der Waals surface area contributed by atoms with E-state index in [1.807, 2.05) is 26.0 Å². The summed E-state index contributed by atoms with van der Waals surface area (Å²) in [6.45, 7) is 5.52. The van der Waals surface area contributed by atoms with Crippen LogP contribution < -0.4 is 10.2 Å². The van der Waals surface area contributed by atoms with Crippen molar-refractivity contribution in [2.45, 2.75) is 45.8 Å². The van der Waals surface area contributed by atoms with E-state index in [4.69, 9.17) is 9.15 Å². The molecule has 0 aromatic heterocycles. The maximum atomic E-state index is 12.2. The number of rotatable bonds is 3. The Labute approximate surface area is 184 Å². The highest BCUT2D eigenvalue weighted by Gasteiger charge is 2.30. The Morgan fingerprint density at radius 3 is 2.62 bits per heavy atom. The van der Waals surface area contributed by atoms with Gasteiger partial charge in [0.15, 0.2) is 5.43 Å². The molecule has 2 aliphatic heterocycles. The first-order valence-corrected chi connectivity index (χ1v) is 10.7. The van der Waals surface area contributed by atoms with Crippen LogP contribution in [0.2, 0.25) is 0 Å². The van der Waals surface area contributed by atoms with Crippen molar-refractivity contribution < 1.29 is 24.5 Å². The molecule has 2 heterocycles. The van der Waals surface area contributed by atoms with Gasteiger partial charge in [0.2, 0.25) is 0 Å². The molecule has 0 radical (unpaired) electrons. The van der Waals surface area contributed by atoms with E-state index in [2.05, 4.69) is 0 Å². The lowest BCUT2D eigenvalue weighted by Gasteiger charge is -2.28. The van der Waals surface area contributed by atoms with E-state index in [1.165, 1.54) is 12.1 Å². The molecule has 6 nitrogen and oxygen atoms in total. The Bertz CT molecular complexity index is 1400. The second kappa shape index (κ2) is 7.28. The third-order valence-electron chi connectivity index (χ3n) is 5.87. The van der Waals surface area contributed by atoms with Gasteiger partial charge >= 0.3 is 0 Å². The molecule has 5 rings (SSSR count). The summed E-state index contributed by atoms with van der Waals surface area (Å²) in [7, 11) is 0. The molecule has 0 amide bonds. The fourth-order valence-electron chi connectivity index (χ4n) is 4.78. The summed E-state index contributed by atoms with van der Waals surface area (Å²) in [6.07, 6.45) is 0.0276. The molecular formula is C26H24O6. The van der Waals surface area contributed by atoms with Crippen LogP contribution in [0, 0.1) is 6.92 Å². The summed E-state index contributed by atoms with van der Waals surface area (Å²) in [5, 5.41) is 31.7. The van der Waals surface area contributed by atoms with E-state index in [1.54, 1.807) is 19.1 Å². The molecule has 0 unspecified atom stereocenters. The number of aliphatic hydroxyl groups excluding tert-OH is 1. The second-order valence-corrected chi connectivity index (χ2v) is 8.76. The third-order valence-corrected chi connectivity index (χ3v) is 5.87. The molecule has 0 spiro atoms. The van der Waals surface area contributed by atoms with Gasteiger partial charge in [-0.1, -0.05) is 6.07 Å². The zero-order valence-electron chi connectivity index (χ0n) is 18.1. The van der Waals surface area contributed by atoms with Crippen LogP contribution >= 0.6 is 0 Å². The lowest BCUT2D eigenvalue weighted by atomic mass is 9.88. The summed E-state index contributed by atoms with van der Waals surface area (Å²) in [6, 6.07) is 9.75. The number of aliphatic hydroxyl groups is 1. The fourth-order valence-corrected chi connectivity index (χ4v) is 4.78. The minimum absolute atomic E-state index is 0.0783. The van der Waals surface area contributed by atoms with Gasteiger partial charge in [-0.25, -0.2) is 0 Å². The van der Waals surface area contributed by atoms with Gasteiger partial charge in [-0.05, 0) is 62.1 Å². The van der Waals surface area contributed by atoms with E-state index in [0.717, 1.165) is 16.7 Å². The molecule has 0 fully saturated rings. The highest BCUT2D eigenvalue weighted by molar-refractivity contribution is 6.05. The van der Waals surface area contributed by atoms with Gasteiger partial charge in [-0.2, -0.15) is 0 Å². The van der Waals surface area contributed by atoms with Crippen molar-refractivity contribution in [1.82, 2.24) is 0 Å². The van der Waals surface area contributed by atoms with Crippen LogP contribution in [0.15, 0.2) is 45.6 Å². The van der Waals surface area contributed by atoms with Crippen LogP contribution in [-0.2, 0) is 12.8 Å². The minimum atomic E-state index is -0.673. The average Bonchev–Trinajstić information content (AvgIpc) is 2.65. The van der Waals surface area contributed by atoms with Crippen LogP contribution in [0.3, 0.4) is 0 Å². The predicted octanol–water partition coefficient (Wildman–Crippen LogP) is 4.53. The molecule has 32 heavy (non-hydrogen) atoms. The minimum Gasteiger partial charge on any atom is -0.508 e. The lowest BCUT2D eigenvalue weighted by Crippen LogP contribution is -2.23. The van der Waals surface area contributed by atoms with Crippen LogP contribution in [0.1, 0.15) is 30.5 Å². The summed E-state index contributed by atoms with van der Waals surface area (Å²) in [5.74, 6) is 0.905. The number of phenols is 2. The molecule has 2 atom stereocenters. The van der Waals surface area contributed by atoms with Gasteiger partial charge in [0.1, 0.15) is 34.7 Å². The van der Waals surface area contributed by atoms with Gasteiger partial charge in [0, 0.05) is 29.7 Å². The van der Waals surface area contributed by atoms with Crippen molar-refractivity contribution in [1.29, 1.82) is 0 Å². The third kappa shape index (κ3) is 3.28. The average molecular weight is 432 g/mol. The first-order valence-electron chi connectivity index (χ1n) is 10.7. The number of fused-ring (bicyclic) bond motifs is 2. The van der Waals surface area contributed by atoms with E-state index < -0.39 is 6.10 Å². The van der Waals surface area contributed by atoms with Gasteiger partial charge in [-0.3, -0.25) is 4.79 Å². The van der Waals surface area contributed by atoms with E-state index in [0.29, 0.717) is 45.6 Å². The number of aryl methyl sites for hydroxylation is 1. The number of ether oxygens (including phenoxy) is 1. The van der Waals surface area contributed by atoms with Crippen LogP contribution in [0.5, 0.6) is 17.2 Å². The fraction of sp³-hybridized carbons (Fsp3) is 0.269. The maximum Gasteiger partial charge on any atom is 0.182 e. The van der Waals surface area contributed by atoms with Gasteiger partial charge in [0.05, 0.1) is 17.1 Å². The molecule has 6 heteroatoms. The Kier molecular flexibility index (Phi) is 4.64. The zero-order chi connectivity index (χ0) is 22.7. The topological polar surface area (TPSA) is 100 Å². The molecular weight excluding hydrogens is 408 g/mol. The van der Waals surface area contributed by atoms with Crippen molar-refractivity contribution in [2.24, 2.45) is 0 Å². The maximum absolute atomic E-state index is 12.2. The molecule has 0 bridgehead atoms.